The standard InChI is InChI=1S/C19H10N2O8/c22-8-29-10-2-4-12-14(6-10)18(26)21(16(12)24)7-20-15(23)11-3-1-9(19(27)28)5-13(11)17(20)25/h1-6,8H,7H2,(H,27,28). The Morgan fingerprint density at radius 1 is 0.828 bits per heavy atom. The number of carboxylic acid groups (broad SMARTS) is 1. The first kappa shape index (κ1) is 18.0. The molecule has 2 aromatic rings. The number of rotatable bonds is 5. The molecule has 2 heterocycles. The summed E-state index contributed by atoms with van der Waals surface area (Å²) in [7, 11) is 0. The normalized spacial score (nSPS) is 14.9. The molecule has 144 valence electrons. The van der Waals surface area contributed by atoms with Crippen molar-refractivity contribution in [2.45, 2.75) is 0 Å². The van der Waals surface area contributed by atoms with E-state index in [2.05, 4.69) is 4.74 Å². The summed E-state index contributed by atoms with van der Waals surface area (Å²) in [5.41, 5.74) is -0.293. The zero-order valence-electron chi connectivity index (χ0n) is 14.4. The molecule has 0 saturated heterocycles. The van der Waals surface area contributed by atoms with E-state index >= 15 is 0 Å². The van der Waals surface area contributed by atoms with Crippen LogP contribution in [0.15, 0.2) is 36.4 Å². The molecule has 4 rings (SSSR count). The smallest absolute Gasteiger partial charge is 0.335 e. The van der Waals surface area contributed by atoms with Gasteiger partial charge in [-0.15, -0.1) is 0 Å². The van der Waals surface area contributed by atoms with Crippen LogP contribution in [0.5, 0.6) is 5.75 Å². The molecule has 0 spiro atoms. The summed E-state index contributed by atoms with van der Waals surface area (Å²) in [5, 5.41) is 9.05. The van der Waals surface area contributed by atoms with E-state index in [0.717, 1.165) is 11.0 Å². The average molecular weight is 394 g/mol. The van der Waals surface area contributed by atoms with Gasteiger partial charge in [-0.2, -0.15) is 0 Å². The summed E-state index contributed by atoms with van der Waals surface area (Å²) in [6.07, 6.45) is 0. The number of hydrogen-bond acceptors (Lipinski definition) is 7. The van der Waals surface area contributed by atoms with Crippen molar-refractivity contribution in [3.63, 3.8) is 0 Å². The summed E-state index contributed by atoms with van der Waals surface area (Å²) in [6.45, 7) is -0.462. The third-order valence-corrected chi connectivity index (χ3v) is 4.63. The number of benzene rings is 2. The van der Waals surface area contributed by atoms with Gasteiger partial charge >= 0.3 is 5.97 Å². The van der Waals surface area contributed by atoms with Crippen LogP contribution in [0.25, 0.3) is 0 Å². The predicted molar refractivity (Wildman–Crippen MR) is 92.4 cm³/mol. The number of imide groups is 2. The molecule has 29 heavy (non-hydrogen) atoms. The minimum absolute atomic E-state index is 0.0155. The van der Waals surface area contributed by atoms with E-state index in [-0.39, 0.29) is 40.0 Å². The molecule has 0 radical (unpaired) electrons. The van der Waals surface area contributed by atoms with Gasteiger partial charge < -0.3 is 9.84 Å². The van der Waals surface area contributed by atoms with E-state index < -0.39 is 36.3 Å². The van der Waals surface area contributed by atoms with Gasteiger partial charge in [0.1, 0.15) is 12.4 Å². The van der Waals surface area contributed by atoms with E-state index in [9.17, 15) is 28.8 Å². The highest BCUT2D eigenvalue weighted by atomic mass is 16.5. The van der Waals surface area contributed by atoms with Gasteiger partial charge in [-0.05, 0) is 36.4 Å². The van der Waals surface area contributed by atoms with Gasteiger partial charge in [-0.1, -0.05) is 0 Å². The minimum Gasteiger partial charge on any atom is -0.478 e. The highest BCUT2D eigenvalue weighted by Gasteiger charge is 2.42. The molecular weight excluding hydrogens is 384 g/mol. The average Bonchev–Trinajstić information content (AvgIpc) is 3.08. The maximum Gasteiger partial charge on any atom is 0.335 e. The first-order chi connectivity index (χ1) is 13.8. The molecule has 0 unspecified atom stereocenters. The Bertz CT molecular complexity index is 1150. The van der Waals surface area contributed by atoms with Crippen LogP contribution in [-0.4, -0.2) is 57.6 Å². The second-order valence-electron chi connectivity index (χ2n) is 6.21. The van der Waals surface area contributed by atoms with E-state index in [1.54, 1.807) is 0 Å². The van der Waals surface area contributed by atoms with Gasteiger partial charge in [0.2, 0.25) is 0 Å². The van der Waals surface area contributed by atoms with Crippen molar-refractivity contribution in [3.8, 4) is 5.75 Å². The predicted octanol–water partition coefficient (Wildman–Crippen LogP) is 0.770. The highest BCUT2D eigenvalue weighted by Crippen LogP contribution is 2.29. The van der Waals surface area contributed by atoms with Crippen LogP contribution in [0.1, 0.15) is 51.8 Å². The van der Waals surface area contributed by atoms with Crippen LogP contribution in [0.4, 0.5) is 0 Å². The molecule has 10 nitrogen and oxygen atoms in total. The van der Waals surface area contributed by atoms with Crippen molar-refractivity contribution in [2.75, 3.05) is 6.67 Å². The van der Waals surface area contributed by atoms with Gasteiger partial charge in [-0.25, -0.2) is 4.79 Å². The maximum absolute atomic E-state index is 12.6. The zero-order chi connectivity index (χ0) is 20.9. The SMILES string of the molecule is O=COc1ccc2c(c1)C(=O)N(CN1C(=O)c3ccc(C(=O)O)cc3C1=O)C2=O. The lowest BCUT2D eigenvalue weighted by molar-refractivity contribution is -0.120. The van der Waals surface area contributed by atoms with Gasteiger partial charge in [0, 0.05) is 0 Å². The first-order valence-corrected chi connectivity index (χ1v) is 8.17. The number of carbonyl (C=O) groups is 6. The molecule has 2 aliphatic rings. The molecular formula is C19H10N2O8. The fraction of sp³-hybridized carbons (Fsp3) is 0.0526. The fourth-order valence-electron chi connectivity index (χ4n) is 3.22. The van der Waals surface area contributed by atoms with Crippen LogP contribution in [0.2, 0.25) is 0 Å². The van der Waals surface area contributed by atoms with Crippen molar-refractivity contribution in [3.05, 3.63) is 64.2 Å². The zero-order valence-corrected chi connectivity index (χ0v) is 14.4. The molecule has 1 N–H and O–H groups in total. The number of aromatic carboxylic acids is 1. The van der Waals surface area contributed by atoms with Gasteiger partial charge in [0.15, 0.2) is 0 Å². The van der Waals surface area contributed by atoms with Crippen molar-refractivity contribution in [1.82, 2.24) is 9.80 Å². The third kappa shape index (κ3) is 2.65. The highest BCUT2D eigenvalue weighted by molar-refractivity contribution is 6.24. The topological polar surface area (TPSA) is 138 Å². The fourth-order valence-corrected chi connectivity index (χ4v) is 3.22. The van der Waals surface area contributed by atoms with E-state index in [0.29, 0.717) is 4.90 Å². The summed E-state index contributed by atoms with van der Waals surface area (Å²) in [6, 6.07) is 7.32. The van der Waals surface area contributed by atoms with Crippen molar-refractivity contribution < 1.29 is 38.6 Å². The summed E-state index contributed by atoms with van der Waals surface area (Å²) >= 11 is 0. The number of amides is 4. The van der Waals surface area contributed by atoms with E-state index in [1.807, 2.05) is 0 Å². The minimum atomic E-state index is -1.26. The largest absolute Gasteiger partial charge is 0.478 e. The molecule has 10 heteroatoms. The number of hydrogen-bond donors (Lipinski definition) is 1. The lowest BCUT2D eigenvalue weighted by Crippen LogP contribution is -2.43. The molecule has 2 aromatic carbocycles. The lowest BCUT2D eigenvalue weighted by Gasteiger charge is -2.20. The van der Waals surface area contributed by atoms with Gasteiger partial charge in [0.25, 0.3) is 30.1 Å². The Hall–Kier alpha value is -4.34. The number of nitrogens with zero attached hydrogens (tertiary/aromatic N) is 2. The Labute approximate surface area is 161 Å². The summed E-state index contributed by atoms with van der Waals surface area (Å²) in [5.74, 6) is -4.24. The van der Waals surface area contributed by atoms with Crippen LogP contribution in [0, 0.1) is 0 Å². The number of carbonyl (C=O) groups excluding carboxylic acids is 5. The third-order valence-electron chi connectivity index (χ3n) is 4.63. The molecule has 0 aliphatic carbocycles. The number of fused-ring (bicyclic) bond motifs is 2. The number of ether oxygens (including phenoxy) is 1. The van der Waals surface area contributed by atoms with Crippen LogP contribution < -0.4 is 4.74 Å². The van der Waals surface area contributed by atoms with E-state index in [1.165, 1.54) is 30.3 Å². The van der Waals surface area contributed by atoms with Crippen molar-refractivity contribution in [1.29, 1.82) is 0 Å². The van der Waals surface area contributed by atoms with Crippen LogP contribution >= 0.6 is 0 Å². The molecule has 0 saturated carbocycles. The first-order valence-electron chi connectivity index (χ1n) is 8.17. The Kier molecular flexibility index (Phi) is 3.97. The van der Waals surface area contributed by atoms with E-state index in [4.69, 9.17) is 5.11 Å². The number of carboxylic acids is 1. The van der Waals surface area contributed by atoms with Gasteiger partial charge in [0.05, 0.1) is 27.8 Å². The maximum atomic E-state index is 12.6. The Morgan fingerprint density at radius 2 is 1.34 bits per heavy atom. The second-order valence-corrected chi connectivity index (χ2v) is 6.21. The molecule has 0 fully saturated rings. The van der Waals surface area contributed by atoms with Crippen LogP contribution in [-0.2, 0) is 4.79 Å². The Balaban J connectivity index is 1.63. The molecule has 0 atom stereocenters. The molecule has 4 amide bonds. The Morgan fingerprint density at radius 3 is 1.90 bits per heavy atom. The monoisotopic (exact) mass is 394 g/mol. The van der Waals surface area contributed by atoms with Crippen LogP contribution in [0.3, 0.4) is 0 Å². The molecule has 0 aromatic heterocycles. The molecule has 2 aliphatic heterocycles. The lowest BCUT2D eigenvalue weighted by atomic mass is 10.1. The summed E-state index contributed by atoms with van der Waals surface area (Å²) < 4.78 is 4.66. The van der Waals surface area contributed by atoms with Gasteiger partial charge in [-0.3, -0.25) is 33.8 Å². The van der Waals surface area contributed by atoms with Crippen molar-refractivity contribution in [2.24, 2.45) is 0 Å². The summed E-state index contributed by atoms with van der Waals surface area (Å²) in [4.78, 5) is 73.3. The molecule has 0 bridgehead atoms. The quantitative estimate of drug-likeness (QED) is 0.580. The van der Waals surface area contributed by atoms with Crippen molar-refractivity contribution >= 4 is 36.1 Å². The second kappa shape index (κ2) is 6.37.